The van der Waals surface area contributed by atoms with Crippen LogP contribution in [0, 0.1) is 0 Å². The number of rotatable bonds is 5. The molecule has 144 valence electrons. The lowest BCUT2D eigenvalue weighted by Gasteiger charge is -2.36. The van der Waals surface area contributed by atoms with Gasteiger partial charge in [-0.15, -0.1) is 11.3 Å². The zero-order valence-corrected chi connectivity index (χ0v) is 16.8. The highest BCUT2D eigenvalue weighted by molar-refractivity contribution is 7.17. The summed E-state index contributed by atoms with van der Waals surface area (Å²) in [4.78, 5) is 19.3. The molecule has 4 nitrogen and oxygen atoms in total. The van der Waals surface area contributed by atoms with Gasteiger partial charge in [-0.25, -0.2) is 0 Å². The average molecular weight is 393 g/mol. The molecular weight excluding hydrogens is 368 g/mol. The summed E-state index contributed by atoms with van der Waals surface area (Å²) in [7, 11) is 0. The van der Waals surface area contributed by atoms with Crippen molar-refractivity contribution in [3.05, 3.63) is 71.6 Å². The Morgan fingerprint density at radius 1 is 0.964 bits per heavy atom. The van der Waals surface area contributed by atoms with E-state index in [4.69, 9.17) is 4.74 Å². The summed E-state index contributed by atoms with van der Waals surface area (Å²) in [5, 5.41) is 0. The highest BCUT2D eigenvalue weighted by Crippen LogP contribution is 2.37. The number of nitrogens with zero attached hydrogens (tertiary/aromatic N) is 2. The van der Waals surface area contributed by atoms with Crippen LogP contribution in [-0.4, -0.2) is 43.6 Å². The Morgan fingerprint density at radius 2 is 1.61 bits per heavy atom. The van der Waals surface area contributed by atoms with Crippen LogP contribution in [0.1, 0.15) is 16.6 Å². The van der Waals surface area contributed by atoms with Crippen molar-refractivity contribution >= 4 is 22.9 Å². The van der Waals surface area contributed by atoms with Crippen molar-refractivity contribution in [1.82, 2.24) is 4.90 Å². The maximum absolute atomic E-state index is 13.2. The third-order valence-electron chi connectivity index (χ3n) is 4.94. The van der Waals surface area contributed by atoms with Gasteiger partial charge in [-0.05, 0) is 30.7 Å². The van der Waals surface area contributed by atoms with E-state index in [1.807, 2.05) is 42.2 Å². The summed E-state index contributed by atoms with van der Waals surface area (Å²) in [6.45, 7) is 5.63. The van der Waals surface area contributed by atoms with Crippen molar-refractivity contribution in [2.75, 3.05) is 37.7 Å². The van der Waals surface area contributed by atoms with Crippen molar-refractivity contribution in [2.45, 2.75) is 6.92 Å². The van der Waals surface area contributed by atoms with Crippen LogP contribution >= 0.6 is 11.3 Å². The second-order valence-corrected chi connectivity index (χ2v) is 7.77. The van der Waals surface area contributed by atoms with Gasteiger partial charge in [-0.1, -0.05) is 48.5 Å². The van der Waals surface area contributed by atoms with Crippen LogP contribution in [0.3, 0.4) is 0 Å². The smallest absolute Gasteiger partial charge is 0.267 e. The van der Waals surface area contributed by atoms with E-state index in [0.717, 1.165) is 36.6 Å². The lowest BCUT2D eigenvalue weighted by atomic mass is 10.2. The molecule has 2 heterocycles. The molecule has 0 spiro atoms. The van der Waals surface area contributed by atoms with Gasteiger partial charge in [-0.3, -0.25) is 4.79 Å². The molecule has 0 unspecified atom stereocenters. The normalized spacial score (nSPS) is 14.2. The molecule has 0 bridgehead atoms. The SMILES string of the molecule is CCOc1cc(-c2ccccc2)sc1C(=O)N1CCN(c2ccccc2)CC1. The fourth-order valence-electron chi connectivity index (χ4n) is 3.48. The molecular formula is C23H24N2O2S. The Hall–Kier alpha value is -2.79. The van der Waals surface area contributed by atoms with E-state index >= 15 is 0 Å². The molecule has 0 saturated carbocycles. The molecule has 1 saturated heterocycles. The zero-order chi connectivity index (χ0) is 19.3. The van der Waals surface area contributed by atoms with Crippen LogP contribution in [0.15, 0.2) is 66.7 Å². The van der Waals surface area contributed by atoms with Gasteiger partial charge >= 0.3 is 0 Å². The number of carbonyl (C=O) groups excluding carboxylic acids is 1. The van der Waals surface area contributed by atoms with Crippen molar-refractivity contribution < 1.29 is 9.53 Å². The number of hydrogen-bond donors (Lipinski definition) is 0. The molecule has 2 aromatic carbocycles. The van der Waals surface area contributed by atoms with Crippen LogP contribution in [-0.2, 0) is 0 Å². The van der Waals surface area contributed by atoms with Crippen LogP contribution < -0.4 is 9.64 Å². The van der Waals surface area contributed by atoms with Crippen molar-refractivity contribution in [1.29, 1.82) is 0 Å². The third kappa shape index (κ3) is 3.90. The predicted molar refractivity (Wildman–Crippen MR) is 115 cm³/mol. The minimum absolute atomic E-state index is 0.0725. The summed E-state index contributed by atoms with van der Waals surface area (Å²) in [6.07, 6.45) is 0. The molecule has 1 amide bonds. The number of benzene rings is 2. The standard InChI is InChI=1S/C23H24N2O2S/c1-2-27-20-17-21(18-9-5-3-6-10-18)28-22(20)23(26)25-15-13-24(14-16-25)19-11-7-4-8-12-19/h3-12,17H,2,13-16H2,1H3. The first-order valence-corrected chi connectivity index (χ1v) is 10.5. The summed E-state index contributed by atoms with van der Waals surface area (Å²) in [6, 6.07) is 22.5. The molecule has 1 fully saturated rings. The molecule has 1 aromatic heterocycles. The monoisotopic (exact) mass is 392 g/mol. The van der Waals surface area contributed by atoms with Gasteiger partial charge in [0.1, 0.15) is 10.6 Å². The van der Waals surface area contributed by atoms with Gasteiger partial charge in [0, 0.05) is 36.7 Å². The number of hydrogen-bond acceptors (Lipinski definition) is 4. The highest BCUT2D eigenvalue weighted by atomic mass is 32.1. The number of para-hydroxylation sites is 1. The van der Waals surface area contributed by atoms with E-state index in [1.54, 1.807) is 0 Å². The van der Waals surface area contributed by atoms with E-state index in [9.17, 15) is 4.79 Å². The second-order valence-electron chi connectivity index (χ2n) is 6.72. The van der Waals surface area contributed by atoms with Crippen molar-refractivity contribution in [3.8, 4) is 16.2 Å². The first kappa shape index (κ1) is 18.6. The van der Waals surface area contributed by atoms with Gasteiger partial charge < -0.3 is 14.5 Å². The Labute approximate surface area is 170 Å². The minimum atomic E-state index is 0.0725. The minimum Gasteiger partial charge on any atom is -0.492 e. The maximum atomic E-state index is 13.2. The number of piperazine rings is 1. The maximum Gasteiger partial charge on any atom is 0.267 e. The molecule has 28 heavy (non-hydrogen) atoms. The number of anilines is 1. The van der Waals surface area contributed by atoms with Gasteiger partial charge in [0.25, 0.3) is 5.91 Å². The van der Waals surface area contributed by atoms with E-state index in [1.165, 1.54) is 17.0 Å². The first-order valence-electron chi connectivity index (χ1n) is 9.67. The molecule has 3 aromatic rings. The summed E-state index contributed by atoms with van der Waals surface area (Å²) in [5.74, 6) is 0.769. The van der Waals surface area contributed by atoms with Crippen molar-refractivity contribution in [3.63, 3.8) is 0 Å². The Kier molecular flexibility index (Phi) is 5.63. The molecule has 0 atom stereocenters. The topological polar surface area (TPSA) is 32.8 Å². The van der Waals surface area contributed by atoms with E-state index in [2.05, 4.69) is 41.3 Å². The average Bonchev–Trinajstić information content (AvgIpc) is 3.19. The molecule has 4 rings (SSSR count). The fourth-order valence-corrected chi connectivity index (χ4v) is 4.56. The van der Waals surface area contributed by atoms with Gasteiger partial charge in [0.05, 0.1) is 6.61 Å². The number of carbonyl (C=O) groups is 1. The predicted octanol–water partition coefficient (Wildman–Crippen LogP) is 4.78. The summed E-state index contributed by atoms with van der Waals surface area (Å²) < 4.78 is 5.79. The Bertz CT molecular complexity index is 916. The van der Waals surface area contributed by atoms with E-state index < -0.39 is 0 Å². The lowest BCUT2D eigenvalue weighted by molar-refractivity contribution is 0.0748. The molecule has 0 radical (unpaired) electrons. The first-order chi connectivity index (χ1) is 13.8. The number of thiophene rings is 1. The van der Waals surface area contributed by atoms with Gasteiger partial charge in [0.2, 0.25) is 0 Å². The summed E-state index contributed by atoms with van der Waals surface area (Å²) >= 11 is 1.52. The zero-order valence-electron chi connectivity index (χ0n) is 16.0. The quantitative estimate of drug-likeness (QED) is 0.627. The summed E-state index contributed by atoms with van der Waals surface area (Å²) in [5.41, 5.74) is 2.33. The van der Waals surface area contributed by atoms with Gasteiger partial charge in [0.15, 0.2) is 0 Å². The van der Waals surface area contributed by atoms with Gasteiger partial charge in [-0.2, -0.15) is 0 Å². The number of ether oxygens (including phenoxy) is 1. The van der Waals surface area contributed by atoms with Crippen LogP contribution in [0.4, 0.5) is 5.69 Å². The van der Waals surface area contributed by atoms with Crippen LogP contribution in [0.25, 0.3) is 10.4 Å². The van der Waals surface area contributed by atoms with Crippen LogP contribution in [0.5, 0.6) is 5.75 Å². The molecule has 1 aliphatic heterocycles. The highest BCUT2D eigenvalue weighted by Gasteiger charge is 2.26. The molecule has 1 aliphatic rings. The fraction of sp³-hybridized carbons (Fsp3) is 0.261. The largest absolute Gasteiger partial charge is 0.492 e. The lowest BCUT2D eigenvalue weighted by Crippen LogP contribution is -2.48. The number of amides is 1. The van der Waals surface area contributed by atoms with E-state index in [0.29, 0.717) is 17.2 Å². The van der Waals surface area contributed by atoms with Crippen molar-refractivity contribution in [2.24, 2.45) is 0 Å². The molecule has 5 heteroatoms. The van der Waals surface area contributed by atoms with E-state index in [-0.39, 0.29) is 5.91 Å². The molecule has 0 aliphatic carbocycles. The Morgan fingerprint density at radius 3 is 2.25 bits per heavy atom. The second kappa shape index (κ2) is 8.48. The van der Waals surface area contributed by atoms with Crippen LogP contribution in [0.2, 0.25) is 0 Å². The molecule has 0 N–H and O–H groups in total. The third-order valence-corrected chi connectivity index (χ3v) is 6.09. The Balaban J connectivity index is 1.51.